The highest BCUT2D eigenvalue weighted by molar-refractivity contribution is 5.90. The summed E-state index contributed by atoms with van der Waals surface area (Å²) in [5.41, 5.74) is 4.88. The highest BCUT2D eigenvalue weighted by Crippen LogP contribution is 2.34. The van der Waals surface area contributed by atoms with E-state index in [1.54, 1.807) is 24.9 Å². The topological polar surface area (TPSA) is 100 Å². The summed E-state index contributed by atoms with van der Waals surface area (Å²) in [6.07, 6.45) is 6.44. The Morgan fingerprint density at radius 3 is 2.02 bits per heavy atom. The van der Waals surface area contributed by atoms with E-state index in [1.165, 1.54) is 0 Å². The minimum absolute atomic E-state index is 0.133. The number of ether oxygens (including phenoxy) is 5. The van der Waals surface area contributed by atoms with Crippen molar-refractivity contribution in [2.24, 2.45) is 5.92 Å². The maximum Gasteiger partial charge on any atom is 0.331 e. The van der Waals surface area contributed by atoms with Gasteiger partial charge in [-0.05, 0) is 67.9 Å². The Kier molecular flexibility index (Phi) is 10.8. The van der Waals surface area contributed by atoms with Crippen LogP contribution in [0.15, 0.2) is 95.8 Å². The minimum atomic E-state index is -0.255. The molecule has 7 rings (SSSR count). The number of aromatic amines is 1. The molecule has 1 aliphatic carbocycles. The molecular weight excluding hydrogens is 632 g/mol. The fourth-order valence-corrected chi connectivity index (χ4v) is 7.33. The van der Waals surface area contributed by atoms with Gasteiger partial charge in [0.05, 0.1) is 28.9 Å². The van der Waals surface area contributed by atoms with Crippen molar-refractivity contribution < 1.29 is 23.7 Å². The molecule has 10 heteroatoms. The largest absolute Gasteiger partial charge is 0.473 e. The zero-order chi connectivity index (χ0) is 34.3. The number of anilines is 1. The number of fused-ring (bicyclic) bond motifs is 1. The van der Waals surface area contributed by atoms with Gasteiger partial charge in [-0.15, -0.1) is 0 Å². The highest BCUT2D eigenvalue weighted by Gasteiger charge is 2.31. The third-order valence-electron chi connectivity index (χ3n) is 9.94. The summed E-state index contributed by atoms with van der Waals surface area (Å²) >= 11 is 0. The summed E-state index contributed by atoms with van der Waals surface area (Å²) in [6, 6.07) is 29.5. The van der Waals surface area contributed by atoms with Crippen LogP contribution in [0.4, 0.5) is 5.69 Å². The molecule has 2 aromatic heterocycles. The summed E-state index contributed by atoms with van der Waals surface area (Å²) in [4.78, 5) is 24.0. The number of piperidine rings is 1. The number of nitrogens with zero attached hydrogens (tertiary/aromatic N) is 3. The molecule has 50 heavy (non-hydrogen) atoms. The third-order valence-corrected chi connectivity index (χ3v) is 9.94. The van der Waals surface area contributed by atoms with E-state index in [4.69, 9.17) is 28.7 Å². The van der Waals surface area contributed by atoms with Crippen LogP contribution in [-0.2, 0) is 27.4 Å². The number of hydrogen-bond donors (Lipinski definition) is 1. The van der Waals surface area contributed by atoms with Crippen molar-refractivity contribution in [2.75, 3.05) is 32.2 Å². The van der Waals surface area contributed by atoms with Crippen LogP contribution in [0, 0.1) is 5.92 Å². The van der Waals surface area contributed by atoms with Gasteiger partial charge in [0, 0.05) is 39.3 Å². The molecule has 0 atom stereocenters. The summed E-state index contributed by atoms with van der Waals surface area (Å²) in [7, 11) is 3.43. The van der Waals surface area contributed by atoms with Crippen LogP contribution < -0.4 is 20.1 Å². The third kappa shape index (κ3) is 7.72. The molecule has 5 aromatic rings. The summed E-state index contributed by atoms with van der Waals surface area (Å²) in [5.74, 6) is 1.16. The first kappa shape index (κ1) is 33.8. The summed E-state index contributed by atoms with van der Waals surface area (Å²) < 4.78 is 31.6. The standard InChI is InChI=1S/C40H46N4O6/c1-46-39(47-2)30-16-18-31(19-17-30)50-32-22-24-43(25-23-32)33-14-9-15-34-37(33)42-40(45)44(34)35-20-21-36(48-26-28-10-5-3-6-11-28)41-38(35)49-27-29-12-7-4-8-13-29/h3-15,20-21,30-32,39H,16-19,22-27H2,1-2H3,(H,42,45). The van der Waals surface area contributed by atoms with Gasteiger partial charge in [0.25, 0.3) is 0 Å². The molecule has 3 heterocycles. The Balaban J connectivity index is 1.08. The van der Waals surface area contributed by atoms with Gasteiger partial charge >= 0.3 is 5.69 Å². The lowest BCUT2D eigenvalue weighted by Gasteiger charge is -2.37. The first-order valence-electron chi connectivity index (χ1n) is 17.6. The van der Waals surface area contributed by atoms with E-state index in [0.717, 1.165) is 79.5 Å². The first-order valence-corrected chi connectivity index (χ1v) is 17.6. The molecular formula is C40H46N4O6. The van der Waals surface area contributed by atoms with E-state index in [9.17, 15) is 4.79 Å². The molecule has 262 valence electrons. The smallest absolute Gasteiger partial charge is 0.331 e. The van der Waals surface area contributed by atoms with Crippen LogP contribution in [0.1, 0.15) is 49.7 Å². The van der Waals surface area contributed by atoms with Crippen molar-refractivity contribution >= 4 is 16.7 Å². The van der Waals surface area contributed by atoms with Crippen molar-refractivity contribution in [3.8, 4) is 17.4 Å². The van der Waals surface area contributed by atoms with Crippen molar-refractivity contribution in [3.05, 3.63) is 113 Å². The molecule has 0 unspecified atom stereocenters. The Morgan fingerprint density at radius 2 is 1.36 bits per heavy atom. The number of nitrogens with one attached hydrogen (secondary N) is 1. The molecule has 10 nitrogen and oxygen atoms in total. The second-order valence-corrected chi connectivity index (χ2v) is 13.2. The van der Waals surface area contributed by atoms with Gasteiger partial charge in [-0.2, -0.15) is 4.98 Å². The Hall–Kier alpha value is -4.64. The van der Waals surface area contributed by atoms with Crippen LogP contribution in [0.5, 0.6) is 11.8 Å². The molecule has 1 N–H and O–H groups in total. The average molecular weight is 679 g/mol. The second kappa shape index (κ2) is 15.9. The van der Waals surface area contributed by atoms with Gasteiger partial charge in [-0.1, -0.05) is 66.7 Å². The Labute approximate surface area is 292 Å². The number of aromatic nitrogens is 3. The Bertz CT molecular complexity index is 1870. The molecule has 0 radical (unpaired) electrons. The number of imidazole rings is 1. The monoisotopic (exact) mass is 678 g/mol. The highest BCUT2D eigenvalue weighted by atomic mass is 16.7. The van der Waals surface area contributed by atoms with Gasteiger partial charge < -0.3 is 33.6 Å². The number of rotatable bonds is 13. The SMILES string of the molecule is COC(OC)C1CCC(OC2CCN(c3cccc4c3[nH]c(=O)n4-c3ccc(OCc4ccccc4)nc3OCc3ccccc3)CC2)CC1. The molecule has 3 aromatic carbocycles. The van der Waals surface area contributed by atoms with E-state index in [0.29, 0.717) is 36.6 Å². The summed E-state index contributed by atoms with van der Waals surface area (Å²) in [5, 5.41) is 0. The fraction of sp³-hybridized carbons (Fsp3) is 0.400. The van der Waals surface area contributed by atoms with E-state index in [1.807, 2.05) is 78.9 Å². The minimum Gasteiger partial charge on any atom is -0.473 e. The zero-order valence-electron chi connectivity index (χ0n) is 28.8. The van der Waals surface area contributed by atoms with Crippen LogP contribution >= 0.6 is 0 Å². The zero-order valence-corrected chi connectivity index (χ0v) is 28.8. The average Bonchev–Trinajstić information content (AvgIpc) is 3.51. The van der Waals surface area contributed by atoms with Gasteiger partial charge in [0.1, 0.15) is 18.9 Å². The van der Waals surface area contributed by atoms with Gasteiger partial charge in [-0.3, -0.25) is 4.57 Å². The molecule has 1 saturated carbocycles. The molecule has 2 fully saturated rings. The molecule has 0 spiro atoms. The maximum absolute atomic E-state index is 13.7. The summed E-state index contributed by atoms with van der Waals surface area (Å²) in [6.45, 7) is 2.36. The van der Waals surface area contributed by atoms with Gasteiger partial charge in [0.2, 0.25) is 11.8 Å². The Morgan fingerprint density at radius 1 is 0.720 bits per heavy atom. The number of benzene rings is 3. The maximum atomic E-state index is 13.7. The van der Waals surface area contributed by atoms with Crippen LogP contribution in [-0.4, -0.2) is 60.3 Å². The number of H-pyrrole nitrogens is 1. The van der Waals surface area contributed by atoms with Crippen LogP contribution in [0.25, 0.3) is 16.7 Å². The molecule has 0 amide bonds. The molecule has 1 aliphatic heterocycles. The molecule has 0 bridgehead atoms. The van der Waals surface area contributed by atoms with Crippen molar-refractivity contribution in [1.82, 2.24) is 14.5 Å². The lowest BCUT2D eigenvalue weighted by atomic mass is 9.86. The number of para-hydroxylation sites is 1. The quantitative estimate of drug-likeness (QED) is 0.133. The van der Waals surface area contributed by atoms with Crippen molar-refractivity contribution in [1.29, 1.82) is 0 Å². The van der Waals surface area contributed by atoms with Crippen molar-refractivity contribution in [3.63, 3.8) is 0 Å². The van der Waals surface area contributed by atoms with Crippen LogP contribution in [0.2, 0.25) is 0 Å². The molecule has 1 saturated heterocycles. The van der Waals surface area contributed by atoms with E-state index < -0.39 is 0 Å². The van der Waals surface area contributed by atoms with Crippen molar-refractivity contribution in [2.45, 2.75) is 70.2 Å². The van der Waals surface area contributed by atoms with E-state index >= 15 is 0 Å². The predicted octanol–water partition coefficient (Wildman–Crippen LogP) is 7.03. The molecule has 2 aliphatic rings. The van der Waals surface area contributed by atoms with Crippen LogP contribution in [0.3, 0.4) is 0 Å². The van der Waals surface area contributed by atoms with E-state index in [2.05, 4.69) is 16.0 Å². The second-order valence-electron chi connectivity index (χ2n) is 13.2. The lowest BCUT2D eigenvalue weighted by molar-refractivity contribution is -0.153. The first-order chi connectivity index (χ1) is 24.6. The fourth-order valence-electron chi connectivity index (χ4n) is 7.33. The van der Waals surface area contributed by atoms with E-state index in [-0.39, 0.29) is 24.2 Å². The number of methoxy groups -OCH3 is 2. The number of hydrogen-bond acceptors (Lipinski definition) is 8. The lowest BCUT2D eigenvalue weighted by Crippen LogP contribution is -2.40. The van der Waals surface area contributed by atoms with Gasteiger partial charge in [0.15, 0.2) is 6.29 Å². The number of pyridine rings is 1. The normalized spacial score (nSPS) is 18.5. The van der Waals surface area contributed by atoms with Gasteiger partial charge in [-0.25, -0.2) is 4.79 Å². The predicted molar refractivity (Wildman–Crippen MR) is 193 cm³/mol.